The molecule has 1 saturated heterocycles. The van der Waals surface area contributed by atoms with Crippen molar-refractivity contribution in [2.75, 3.05) is 23.3 Å². The highest BCUT2D eigenvalue weighted by atomic mass is 16.1. The number of hydrogen-bond acceptors (Lipinski definition) is 5. The first-order chi connectivity index (χ1) is 13.6. The molecule has 3 heterocycles. The predicted molar refractivity (Wildman–Crippen MR) is 108 cm³/mol. The molecule has 1 N–H and O–H groups in total. The Morgan fingerprint density at radius 2 is 1.75 bits per heavy atom. The molecule has 3 aromatic rings. The average Bonchev–Trinajstić information content (AvgIpc) is 3.25. The van der Waals surface area contributed by atoms with Gasteiger partial charge in [0.15, 0.2) is 0 Å². The van der Waals surface area contributed by atoms with Crippen LogP contribution >= 0.6 is 0 Å². The summed E-state index contributed by atoms with van der Waals surface area (Å²) in [7, 11) is 0. The van der Waals surface area contributed by atoms with Gasteiger partial charge in [0.25, 0.3) is 11.5 Å². The minimum atomic E-state index is -0.256. The summed E-state index contributed by atoms with van der Waals surface area (Å²) in [5.41, 5.74) is 1.92. The van der Waals surface area contributed by atoms with Crippen LogP contribution in [0.5, 0.6) is 0 Å². The third-order valence-electron chi connectivity index (χ3n) is 4.74. The molecule has 1 aliphatic heterocycles. The number of pyridine rings is 1. The zero-order valence-corrected chi connectivity index (χ0v) is 15.6. The van der Waals surface area contributed by atoms with Crippen molar-refractivity contribution in [1.82, 2.24) is 14.8 Å². The fourth-order valence-corrected chi connectivity index (χ4v) is 3.19. The van der Waals surface area contributed by atoms with Crippen molar-refractivity contribution in [1.29, 1.82) is 0 Å². The molecule has 0 spiro atoms. The van der Waals surface area contributed by atoms with Gasteiger partial charge in [-0.25, -0.2) is 4.98 Å². The van der Waals surface area contributed by atoms with Crippen LogP contribution in [0.25, 0.3) is 5.69 Å². The van der Waals surface area contributed by atoms with E-state index in [1.807, 2.05) is 13.0 Å². The Bertz CT molecular complexity index is 1040. The molecule has 0 aliphatic carbocycles. The highest BCUT2D eigenvalue weighted by molar-refractivity contribution is 6.03. The van der Waals surface area contributed by atoms with E-state index in [1.165, 1.54) is 10.7 Å². The molecule has 1 aliphatic rings. The summed E-state index contributed by atoms with van der Waals surface area (Å²) in [6, 6.07) is 13.7. The lowest BCUT2D eigenvalue weighted by atomic mass is 10.2. The fraction of sp³-hybridized carbons (Fsp3) is 0.238. The van der Waals surface area contributed by atoms with Crippen LogP contribution < -0.4 is 15.8 Å². The van der Waals surface area contributed by atoms with Crippen LogP contribution in [0.15, 0.2) is 59.5 Å². The highest BCUT2D eigenvalue weighted by Gasteiger charge is 2.15. The Morgan fingerprint density at radius 3 is 2.43 bits per heavy atom. The number of aryl methyl sites for hydroxylation is 1. The number of carbonyl (C=O) groups excluding carboxylic acids is 1. The first-order valence-electron chi connectivity index (χ1n) is 9.30. The molecular formula is C21H21N5O2. The summed E-state index contributed by atoms with van der Waals surface area (Å²) >= 11 is 0. The van der Waals surface area contributed by atoms with Crippen molar-refractivity contribution < 1.29 is 4.79 Å². The Hall–Kier alpha value is -3.48. The van der Waals surface area contributed by atoms with Gasteiger partial charge in [0.1, 0.15) is 11.6 Å². The zero-order chi connectivity index (χ0) is 19.5. The summed E-state index contributed by atoms with van der Waals surface area (Å²) in [5.74, 6) is 1.04. The van der Waals surface area contributed by atoms with Gasteiger partial charge in [-0.2, -0.15) is 4.68 Å². The van der Waals surface area contributed by atoms with Crippen LogP contribution in [0.1, 0.15) is 28.8 Å². The van der Waals surface area contributed by atoms with E-state index < -0.39 is 0 Å². The maximum absolute atomic E-state index is 12.4. The Balaban J connectivity index is 1.54. The van der Waals surface area contributed by atoms with Gasteiger partial charge in [0.2, 0.25) is 0 Å². The standard InChI is InChI=1S/C21H21N5O2/c1-15-4-9-18(22-14-15)23-21(28)16-5-7-17(8-6-16)26-20(27)11-10-19(24-26)25-12-2-3-13-25/h4-11,14H,2-3,12-13H2,1H3,(H,22,23,28). The highest BCUT2D eigenvalue weighted by Crippen LogP contribution is 2.17. The van der Waals surface area contributed by atoms with Crippen LogP contribution in [-0.4, -0.2) is 33.8 Å². The van der Waals surface area contributed by atoms with Gasteiger partial charge in [-0.3, -0.25) is 9.59 Å². The van der Waals surface area contributed by atoms with E-state index in [2.05, 4.69) is 20.3 Å². The number of aromatic nitrogens is 3. The van der Waals surface area contributed by atoms with Crippen molar-refractivity contribution in [2.45, 2.75) is 19.8 Å². The number of nitrogens with one attached hydrogen (secondary N) is 1. The summed E-state index contributed by atoms with van der Waals surface area (Å²) in [6.07, 6.45) is 3.98. The van der Waals surface area contributed by atoms with E-state index in [-0.39, 0.29) is 11.5 Å². The van der Waals surface area contributed by atoms with Gasteiger partial charge >= 0.3 is 0 Å². The summed E-state index contributed by atoms with van der Waals surface area (Å²) < 4.78 is 1.37. The zero-order valence-electron chi connectivity index (χ0n) is 15.6. The number of amides is 1. The molecular weight excluding hydrogens is 354 g/mol. The SMILES string of the molecule is Cc1ccc(NC(=O)c2ccc(-n3nc(N4CCCC4)ccc3=O)cc2)nc1. The second-order valence-corrected chi connectivity index (χ2v) is 6.86. The number of anilines is 2. The van der Waals surface area contributed by atoms with Crippen LogP contribution in [0.4, 0.5) is 11.6 Å². The van der Waals surface area contributed by atoms with Crippen molar-refractivity contribution >= 4 is 17.5 Å². The molecule has 0 atom stereocenters. The lowest BCUT2D eigenvalue weighted by Gasteiger charge is -2.17. The number of carbonyl (C=O) groups is 1. The van der Waals surface area contributed by atoms with Gasteiger partial charge in [-0.1, -0.05) is 6.07 Å². The van der Waals surface area contributed by atoms with Crippen LogP contribution in [0.3, 0.4) is 0 Å². The number of hydrogen-bond donors (Lipinski definition) is 1. The van der Waals surface area contributed by atoms with E-state index in [4.69, 9.17) is 0 Å². The summed E-state index contributed by atoms with van der Waals surface area (Å²) in [5, 5.41) is 7.26. The number of benzene rings is 1. The van der Waals surface area contributed by atoms with Gasteiger partial charge in [-0.05, 0) is 61.7 Å². The van der Waals surface area contributed by atoms with Crippen molar-refractivity contribution in [2.24, 2.45) is 0 Å². The number of nitrogens with zero attached hydrogens (tertiary/aromatic N) is 4. The van der Waals surface area contributed by atoms with Crippen molar-refractivity contribution in [3.63, 3.8) is 0 Å². The van der Waals surface area contributed by atoms with Crippen molar-refractivity contribution in [3.8, 4) is 5.69 Å². The summed E-state index contributed by atoms with van der Waals surface area (Å²) in [6.45, 7) is 3.85. The van der Waals surface area contributed by atoms with E-state index >= 15 is 0 Å². The van der Waals surface area contributed by atoms with E-state index in [9.17, 15) is 9.59 Å². The van der Waals surface area contributed by atoms with Crippen LogP contribution in [0, 0.1) is 6.92 Å². The first-order valence-corrected chi connectivity index (χ1v) is 9.30. The quantitative estimate of drug-likeness (QED) is 0.758. The lowest BCUT2D eigenvalue weighted by molar-refractivity contribution is 0.102. The molecule has 142 valence electrons. The van der Waals surface area contributed by atoms with E-state index in [1.54, 1.807) is 42.6 Å². The maximum Gasteiger partial charge on any atom is 0.271 e. The molecule has 0 bridgehead atoms. The second kappa shape index (κ2) is 7.64. The first kappa shape index (κ1) is 17.9. The third-order valence-corrected chi connectivity index (χ3v) is 4.74. The van der Waals surface area contributed by atoms with Gasteiger partial charge < -0.3 is 10.2 Å². The van der Waals surface area contributed by atoms with Gasteiger partial charge in [-0.15, -0.1) is 5.10 Å². The van der Waals surface area contributed by atoms with Gasteiger partial charge in [0, 0.05) is 30.9 Å². The Labute approximate surface area is 162 Å². The molecule has 1 fully saturated rings. The van der Waals surface area contributed by atoms with Crippen LogP contribution in [-0.2, 0) is 0 Å². The molecule has 7 heteroatoms. The second-order valence-electron chi connectivity index (χ2n) is 6.86. The lowest BCUT2D eigenvalue weighted by Crippen LogP contribution is -2.26. The minimum Gasteiger partial charge on any atom is -0.355 e. The Kier molecular flexibility index (Phi) is 4.89. The normalized spacial score (nSPS) is 13.5. The molecule has 1 aromatic carbocycles. The molecule has 4 rings (SSSR count). The largest absolute Gasteiger partial charge is 0.355 e. The fourth-order valence-electron chi connectivity index (χ4n) is 3.19. The van der Waals surface area contributed by atoms with E-state index in [0.29, 0.717) is 17.1 Å². The monoisotopic (exact) mass is 375 g/mol. The van der Waals surface area contributed by atoms with Crippen molar-refractivity contribution in [3.05, 3.63) is 76.2 Å². The topological polar surface area (TPSA) is 80.1 Å². The average molecular weight is 375 g/mol. The molecule has 2 aromatic heterocycles. The molecule has 7 nitrogen and oxygen atoms in total. The Morgan fingerprint density at radius 1 is 1.00 bits per heavy atom. The smallest absolute Gasteiger partial charge is 0.271 e. The predicted octanol–water partition coefficient (Wildman–Crippen LogP) is 2.79. The minimum absolute atomic E-state index is 0.205. The maximum atomic E-state index is 12.4. The number of rotatable bonds is 4. The molecule has 0 saturated carbocycles. The molecule has 1 amide bonds. The van der Waals surface area contributed by atoms with Gasteiger partial charge in [0.05, 0.1) is 5.69 Å². The molecule has 0 unspecified atom stereocenters. The third kappa shape index (κ3) is 3.78. The summed E-state index contributed by atoms with van der Waals surface area (Å²) in [4.78, 5) is 31.0. The van der Waals surface area contributed by atoms with Crippen LogP contribution in [0.2, 0.25) is 0 Å². The molecule has 28 heavy (non-hydrogen) atoms. The molecule has 0 radical (unpaired) electrons. The van der Waals surface area contributed by atoms with E-state index in [0.717, 1.165) is 37.3 Å².